The summed E-state index contributed by atoms with van der Waals surface area (Å²) < 4.78 is 127. The molecule has 6 aromatic heterocycles. The van der Waals surface area contributed by atoms with E-state index in [2.05, 4.69) is 56.4 Å². The maximum Gasteiger partial charge on any atom is 0.417 e. The smallest absolute Gasteiger partial charge is 0.417 e. The van der Waals surface area contributed by atoms with Gasteiger partial charge in [0.05, 0.1) is 66.4 Å². The Morgan fingerprint density at radius 1 is 0.265 bits per heavy atom. The summed E-state index contributed by atoms with van der Waals surface area (Å²) in [5.74, 6) is 0. The molecule has 0 aliphatic heterocycles. The second-order valence-corrected chi connectivity index (χ2v) is 26.7. The van der Waals surface area contributed by atoms with E-state index in [1.165, 1.54) is 24.3 Å². The molecule has 0 fully saturated rings. The first-order valence-electron chi connectivity index (χ1n) is 32.7. The van der Waals surface area contributed by atoms with E-state index >= 15 is 26.3 Å². The van der Waals surface area contributed by atoms with E-state index in [1.54, 1.807) is 12.1 Å². The summed E-state index contributed by atoms with van der Waals surface area (Å²) in [6.07, 6.45) is -10.1. The summed E-state index contributed by atoms with van der Waals surface area (Å²) in [6.45, 7) is 8.09. The van der Waals surface area contributed by atoms with Gasteiger partial charge in [-0.05, 0) is 129 Å². The number of alkyl halides is 6. The monoisotopic (exact) mass is 1290 g/mol. The Morgan fingerprint density at radius 2 is 0.551 bits per heavy atom. The zero-order valence-corrected chi connectivity index (χ0v) is 53.3. The van der Waals surface area contributed by atoms with Crippen molar-refractivity contribution in [1.29, 1.82) is 0 Å². The Kier molecular flexibility index (Phi) is 12.0. The van der Waals surface area contributed by atoms with Gasteiger partial charge < -0.3 is 27.1 Å². The van der Waals surface area contributed by atoms with Crippen molar-refractivity contribution in [3.05, 3.63) is 289 Å². The highest BCUT2D eigenvalue weighted by molar-refractivity contribution is 6.27. The van der Waals surface area contributed by atoms with E-state index in [4.69, 9.17) is 8.83 Å². The van der Waals surface area contributed by atoms with Gasteiger partial charge in [0.1, 0.15) is 22.3 Å². The predicted octanol–water partition coefficient (Wildman–Crippen LogP) is 24.8. The van der Waals surface area contributed by atoms with E-state index < -0.39 is 34.6 Å². The molecule has 0 bridgehead atoms. The summed E-state index contributed by atoms with van der Waals surface area (Å²) >= 11 is 0. The zero-order valence-electron chi connectivity index (χ0n) is 53.3. The molecule has 0 amide bonds. The third-order valence-corrected chi connectivity index (χ3v) is 20.7. The van der Waals surface area contributed by atoms with Gasteiger partial charge in [-0.1, -0.05) is 182 Å². The van der Waals surface area contributed by atoms with Crippen molar-refractivity contribution >= 4 is 131 Å². The van der Waals surface area contributed by atoms with Gasteiger partial charge in [-0.25, -0.2) is 0 Å². The highest BCUT2D eigenvalue weighted by atomic mass is 19.4. The number of rotatable bonds is 8. The van der Waals surface area contributed by atoms with Crippen LogP contribution in [0.5, 0.6) is 0 Å². The lowest BCUT2D eigenvalue weighted by Gasteiger charge is -2.42. The van der Waals surface area contributed by atoms with Crippen LogP contribution in [0.15, 0.2) is 276 Å². The maximum absolute atomic E-state index is 17.4. The van der Waals surface area contributed by atoms with Gasteiger partial charge in [0.25, 0.3) is 0 Å². The molecule has 6 heterocycles. The van der Waals surface area contributed by atoms with Crippen LogP contribution < -0.4 is 0 Å². The van der Waals surface area contributed by atoms with Crippen LogP contribution in [0.3, 0.4) is 0 Å². The molecular weight excluding hydrogens is 1230 g/mol. The topological polar surface area (TPSA) is 46.0 Å². The second kappa shape index (κ2) is 20.4. The summed E-state index contributed by atoms with van der Waals surface area (Å²) in [7, 11) is 0. The van der Waals surface area contributed by atoms with Gasteiger partial charge >= 0.3 is 12.4 Å². The summed E-state index contributed by atoms with van der Waals surface area (Å²) in [6, 6.07) is 82.6. The lowest BCUT2D eigenvalue weighted by molar-refractivity contribution is -0.137. The normalized spacial score (nSPS) is 13.0. The molecule has 0 unspecified atom stereocenters. The fourth-order valence-corrected chi connectivity index (χ4v) is 17.1. The minimum Gasteiger partial charge on any atom is -0.456 e. The number of hydrogen-bond donors (Lipinski definition) is 0. The first-order valence-corrected chi connectivity index (χ1v) is 32.7. The van der Waals surface area contributed by atoms with Crippen LogP contribution in [0.25, 0.3) is 165 Å². The molecule has 13 aromatic carbocycles. The Labute approximate surface area is 555 Å². The minimum absolute atomic E-state index is 0.0662. The maximum atomic E-state index is 17.4. The molecule has 98 heavy (non-hydrogen) atoms. The molecule has 19 rings (SSSR count). The van der Waals surface area contributed by atoms with Gasteiger partial charge in [-0.2, -0.15) is 26.3 Å². The molecule has 0 atom stereocenters. The predicted molar refractivity (Wildman–Crippen MR) is 386 cm³/mol. The first kappa shape index (κ1) is 57.7. The van der Waals surface area contributed by atoms with Gasteiger partial charge in [-0.3, -0.25) is 0 Å². The highest BCUT2D eigenvalue weighted by Crippen LogP contribution is 2.60. The molecule has 19 aromatic rings. The lowest BCUT2D eigenvalue weighted by atomic mass is 9.73. The lowest BCUT2D eigenvalue weighted by Crippen LogP contribution is -2.35. The van der Waals surface area contributed by atoms with Crippen LogP contribution in [-0.2, 0) is 23.4 Å². The van der Waals surface area contributed by atoms with Crippen LogP contribution in [-0.4, -0.2) is 18.3 Å². The van der Waals surface area contributed by atoms with Gasteiger partial charge in [-0.15, -0.1) is 0 Å². The van der Waals surface area contributed by atoms with Crippen LogP contribution >= 0.6 is 0 Å². The number of aromatic nitrogens is 4. The molecule has 6 nitrogen and oxygen atoms in total. The molecule has 12 heteroatoms. The van der Waals surface area contributed by atoms with E-state index in [1.807, 2.05) is 208 Å². The zero-order chi connectivity index (χ0) is 66.5. The Morgan fingerprint density at radius 3 is 0.908 bits per heavy atom. The van der Waals surface area contributed by atoms with Crippen molar-refractivity contribution in [3.8, 4) is 33.6 Å². The largest absolute Gasteiger partial charge is 0.456 e. The number of halogens is 6. The third-order valence-electron chi connectivity index (χ3n) is 20.7. The second-order valence-electron chi connectivity index (χ2n) is 26.7. The van der Waals surface area contributed by atoms with Gasteiger partial charge in [0.15, 0.2) is 0 Å². The quantitative estimate of drug-likeness (QED) is 0.142. The standard InChI is InChI=1S/C86H56F6N4O2/c1-83(2,95-65-39-19-9-25-49(65)50-26-10-20-40-66(50)95)77-75(57-31-5-15-35-61(57)85(87,88)89)81(93-63-37-17-7-29-53(63)55-45-47-71-73(79(55)93)59-33-13-23-43-69(59)97-71)78(84(3,4)96-67-41-21-11-27-51(67)52-28-12-22-42-68(52)96)82(76(77)58-32-6-16-36-62(58)86(90,91)92)94-64-38-18-8-30-54(64)56-46-48-72-74(80(56)94)60-34-14-24-44-70(60)98-72/h5-48H,1-4H3. The van der Waals surface area contributed by atoms with E-state index in [0.717, 1.165) is 77.0 Å². The summed E-state index contributed by atoms with van der Waals surface area (Å²) in [4.78, 5) is 0. The third kappa shape index (κ3) is 7.88. The van der Waals surface area contributed by atoms with Crippen molar-refractivity contribution < 1.29 is 35.2 Å². The van der Waals surface area contributed by atoms with E-state index in [-0.39, 0.29) is 27.8 Å². The van der Waals surface area contributed by atoms with Crippen molar-refractivity contribution in [1.82, 2.24) is 18.3 Å². The van der Waals surface area contributed by atoms with E-state index in [0.29, 0.717) is 83.1 Å². The number of benzene rings is 13. The molecule has 0 aliphatic rings. The van der Waals surface area contributed by atoms with Crippen molar-refractivity contribution in [2.45, 2.75) is 51.1 Å². The fourth-order valence-electron chi connectivity index (χ4n) is 17.1. The summed E-state index contributed by atoms with van der Waals surface area (Å²) in [5.41, 5.74) is 3.49. The van der Waals surface area contributed by atoms with Crippen LogP contribution in [0.1, 0.15) is 49.9 Å². The molecule has 0 saturated carbocycles. The molecule has 0 radical (unpaired) electrons. The minimum atomic E-state index is -5.04. The average Bonchev–Trinajstić information content (AvgIpc) is 1.52. The van der Waals surface area contributed by atoms with E-state index in [9.17, 15) is 0 Å². The summed E-state index contributed by atoms with van der Waals surface area (Å²) in [5, 5.41) is 9.54. The molecule has 0 saturated heterocycles. The Bertz CT molecular complexity index is 6240. The molecule has 0 N–H and O–H groups in total. The molecule has 0 spiro atoms. The molecule has 474 valence electrons. The number of furan rings is 2. The Balaban J connectivity index is 1.22. The van der Waals surface area contributed by atoms with Crippen LogP contribution in [0.2, 0.25) is 0 Å². The van der Waals surface area contributed by atoms with Crippen molar-refractivity contribution in [2.24, 2.45) is 0 Å². The Hall–Kier alpha value is -11.8. The average molecular weight is 1290 g/mol. The van der Waals surface area contributed by atoms with Gasteiger partial charge in [0.2, 0.25) is 0 Å². The first-order chi connectivity index (χ1) is 47.5. The number of fused-ring (bicyclic) bond motifs is 20. The van der Waals surface area contributed by atoms with Crippen molar-refractivity contribution in [2.75, 3.05) is 0 Å². The highest BCUT2D eigenvalue weighted by Gasteiger charge is 2.48. The molecule has 0 aliphatic carbocycles. The van der Waals surface area contributed by atoms with Crippen LogP contribution in [0.4, 0.5) is 26.3 Å². The SMILES string of the molecule is CC(C)(c1c(-c2ccccc2C(F)(F)F)c(-n2c3ccccc3c3ccc4oc5ccccc5c4c32)c(C(C)(C)n2c3ccccc3c3ccccc32)c(-n2c3ccccc3c3ccc4oc5ccccc5c4c32)c1-c1ccccc1C(F)(F)F)n1c2ccccc2c2ccccc21. The number of para-hydroxylation sites is 8. The van der Waals surface area contributed by atoms with Crippen LogP contribution in [0, 0.1) is 0 Å². The van der Waals surface area contributed by atoms with Gasteiger partial charge in [0, 0.05) is 92.6 Å². The molecular formula is C86H56F6N4O2. The number of nitrogens with zero attached hydrogens (tertiary/aromatic N) is 4. The van der Waals surface area contributed by atoms with Crippen molar-refractivity contribution in [3.63, 3.8) is 0 Å². The fraction of sp³-hybridized carbons (Fsp3) is 0.0930. The number of hydrogen-bond acceptors (Lipinski definition) is 2.